The first-order valence-corrected chi connectivity index (χ1v) is 8.18. The van der Waals surface area contributed by atoms with Crippen LogP contribution in [0, 0.1) is 0 Å². The highest BCUT2D eigenvalue weighted by Crippen LogP contribution is 2.20. The molecule has 0 aliphatic heterocycles. The van der Waals surface area contributed by atoms with Crippen molar-refractivity contribution in [3.05, 3.63) is 78.4 Å². The molecule has 4 heteroatoms. The molecule has 0 atom stereocenters. The van der Waals surface area contributed by atoms with Gasteiger partial charge in [-0.05, 0) is 35.4 Å². The van der Waals surface area contributed by atoms with Crippen LogP contribution in [0.2, 0.25) is 0 Å². The third-order valence-corrected chi connectivity index (χ3v) is 3.77. The Labute approximate surface area is 147 Å². The molecule has 0 unspecified atom stereocenters. The predicted molar refractivity (Wildman–Crippen MR) is 101 cm³/mol. The molecule has 0 bridgehead atoms. The summed E-state index contributed by atoms with van der Waals surface area (Å²) >= 11 is 0. The van der Waals surface area contributed by atoms with Gasteiger partial charge in [-0.1, -0.05) is 60.7 Å². The van der Waals surface area contributed by atoms with Crippen molar-refractivity contribution in [1.29, 1.82) is 0 Å². The highest BCUT2D eigenvalue weighted by molar-refractivity contribution is 5.86. The molecule has 3 aromatic carbocycles. The summed E-state index contributed by atoms with van der Waals surface area (Å²) in [5, 5.41) is 6.34. The molecule has 0 saturated carbocycles. The van der Waals surface area contributed by atoms with E-state index in [-0.39, 0.29) is 12.5 Å². The fourth-order valence-corrected chi connectivity index (χ4v) is 2.53. The number of ether oxygens (including phenoxy) is 1. The van der Waals surface area contributed by atoms with Gasteiger partial charge in [-0.3, -0.25) is 4.79 Å². The second-order valence-corrected chi connectivity index (χ2v) is 5.84. The molecule has 1 amide bonds. The molecule has 25 heavy (non-hydrogen) atoms. The number of hydrogen-bond donors (Lipinski definition) is 1. The minimum atomic E-state index is -0.277. The summed E-state index contributed by atoms with van der Waals surface area (Å²) in [5.41, 5.74) is 4.53. The van der Waals surface area contributed by atoms with Gasteiger partial charge in [0.25, 0.3) is 5.91 Å². The van der Waals surface area contributed by atoms with Crippen molar-refractivity contribution in [3.8, 4) is 5.75 Å². The van der Waals surface area contributed by atoms with Crippen LogP contribution in [0.4, 0.5) is 0 Å². The lowest BCUT2D eigenvalue weighted by Crippen LogP contribution is -2.25. The summed E-state index contributed by atoms with van der Waals surface area (Å²) < 4.78 is 5.55. The van der Waals surface area contributed by atoms with Gasteiger partial charge in [-0.25, -0.2) is 5.43 Å². The topological polar surface area (TPSA) is 50.7 Å². The van der Waals surface area contributed by atoms with E-state index < -0.39 is 0 Å². The summed E-state index contributed by atoms with van der Waals surface area (Å²) in [7, 11) is 0. The monoisotopic (exact) mass is 332 g/mol. The zero-order chi connectivity index (χ0) is 17.5. The largest absolute Gasteiger partial charge is 0.484 e. The number of carbonyl (C=O) groups is 1. The normalized spacial score (nSPS) is 11.3. The van der Waals surface area contributed by atoms with Gasteiger partial charge < -0.3 is 4.74 Å². The van der Waals surface area contributed by atoms with Crippen molar-refractivity contribution in [2.45, 2.75) is 13.3 Å². The van der Waals surface area contributed by atoms with Gasteiger partial charge in [0, 0.05) is 12.1 Å². The maximum absolute atomic E-state index is 11.9. The fraction of sp³-hybridized carbons (Fsp3) is 0.143. The Morgan fingerprint density at radius 2 is 1.68 bits per heavy atom. The number of carbonyl (C=O) groups excluding carboxylic acids is 1. The van der Waals surface area contributed by atoms with E-state index in [0.717, 1.165) is 22.0 Å². The van der Waals surface area contributed by atoms with E-state index in [4.69, 9.17) is 4.74 Å². The maximum atomic E-state index is 11.9. The first kappa shape index (κ1) is 16.7. The van der Waals surface area contributed by atoms with Crippen LogP contribution in [-0.2, 0) is 11.2 Å². The Morgan fingerprint density at radius 1 is 0.960 bits per heavy atom. The summed E-state index contributed by atoms with van der Waals surface area (Å²) in [6.07, 6.45) is 0.701. The summed E-state index contributed by atoms with van der Waals surface area (Å²) in [6, 6.07) is 23.8. The Bertz CT molecular complexity index is 889. The van der Waals surface area contributed by atoms with E-state index in [1.807, 2.05) is 79.7 Å². The standard InChI is InChI=1S/C21H20N2O2/c1-16(13-17-7-3-2-4-8-17)22-23-21(24)15-25-20-12-11-18-9-5-6-10-19(18)14-20/h2-12,14H,13,15H2,1H3,(H,23,24)/b22-16-. The smallest absolute Gasteiger partial charge is 0.277 e. The highest BCUT2D eigenvalue weighted by atomic mass is 16.5. The van der Waals surface area contributed by atoms with E-state index in [2.05, 4.69) is 10.5 Å². The number of benzene rings is 3. The molecule has 126 valence electrons. The zero-order valence-corrected chi connectivity index (χ0v) is 14.1. The van der Waals surface area contributed by atoms with Crippen LogP contribution < -0.4 is 10.2 Å². The molecule has 3 rings (SSSR count). The van der Waals surface area contributed by atoms with E-state index >= 15 is 0 Å². The van der Waals surface area contributed by atoms with Crippen LogP contribution in [0.25, 0.3) is 10.8 Å². The molecule has 4 nitrogen and oxygen atoms in total. The van der Waals surface area contributed by atoms with Gasteiger partial charge in [0.05, 0.1) is 0 Å². The van der Waals surface area contributed by atoms with Crippen molar-refractivity contribution in [2.24, 2.45) is 5.10 Å². The molecule has 0 spiro atoms. The van der Waals surface area contributed by atoms with Gasteiger partial charge in [0.1, 0.15) is 5.75 Å². The average molecular weight is 332 g/mol. The maximum Gasteiger partial charge on any atom is 0.277 e. The highest BCUT2D eigenvalue weighted by Gasteiger charge is 2.03. The van der Waals surface area contributed by atoms with E-state index in [9.17, 15) is 4.79 Å². The lowest BCUT2D eigenvalue weighted by molar-refractivity contribution is -0.123. The molecular formula is C21H20N2O2. The SMILES string of the molecule is C/C(Cc1ccccc1)=N/NC(=O)COc1ccc2ccccc2c1. The van der Waals surface area contributed by atoms with E-state index in [1.165, 1.54) is 0 Å². The fourth-order valence-electron chi connectivity index (χ4n) is 2.53. The number of hydrazone groups is 1. The van der Waals surface area contributed by atoms with Crippen molar-refractivity contribution in [3.63, 3.8) is 0 Å². The Balaban J connectivity index is 1.51. The molecule has 0 aliphatic rings. The predicted octanol–water partition coefficient (Wildman–Crippen LogP) is 3.95. The van der Waals surface area contributed by atoms with Gasteiger partial charge >= 0.3 is 0 Å². The molecule has 3 aromatic rings. The third kappa shape index (κ3) is 4.91. The van der Waals surface area contributed by atoms with Crippen molar-refractivity contribution >= 4 is 22.4 Å². The summed E-state index contributed by atoms with van der Waals surface area (Å²) in [5.74, 6) is 0.388. The second kappa shape index (κ2) is 8.11. The number of fused-ring (bicyclic) bond motifs is 1. The first-order valence-electron chi connectivity index (χ1n) is 8.18. The third-order valence-electron chi connectivity index (χ3n) is 3.77. The molecule has 0 radical (unpaired) electrons. The summed E-state index contributed by atoms with van der Waals surface area (Å²) in [4.78, 5) is 11.9. The lowest BCUT2D eigenvalue weighted by atomic mass is 10.1. The zero-order valence-electron chi connectivity index (χ0n) is 14.1. The molecule has 0 saturated heterocycles. The Kier molecular flexibility index (Phi) is 5.42. The minimum Gasteiger partial charge on any atom is -0.484 e. The molecule has 0 aliphatic carbocycles. The molecule has 0 fully saturated rings. The van der Waals surface area contributed by atoms with Crippen molar-refractivity contribution < 1.29 is 9.53 Å². The van der Waals surface area contributed by atoms with Crippen LogP contribution in [-0.4, -0.2) is 18.2 Å². The quantitative estimate of drug-likeness (QED) is 0.549. The van der Waals surface area contributed by atoms with Crippen molar-refractivity contribution in [2.75, 3.05) is 6.61 Å². The lowest BCUT2D eigenvalue weighted by Gasteiger charge is -2.07. The first-order chi connectivity index (χ1) is 12.2. The number of hydrogen-bond acceptors (Lipinski definition) is 3. The van der Waals surface area contributed by atoms with Gasteiger partial charge in [-0.2, -0.15) is 5.10 Å². The number of nitrogens with one attached hydrogen (secondary N) is 1. The van der Waals surface area contributed by atoms with E-state index in [0.29, 0.717) is 12.2 Å². The number of amides is 1. The van der Waals surface area contributed by atoms with Crippen molar-refractivity contribution in [1.82, 2.24) is 5.43 Å². The molecule has 0 heterocycles. The van der Waals surface area contributed by atoms with Crippen LogP contribution >= 0.6 is 0 Å². The van der Waals surface area contributed by atoms with Crippen LogP contribution in [0.3, 0.4) is 0 Å². The Hall–Kier alpha value is -3.14. The molecule has 0 aromatic heterocycles. The Morgan fingerprint density at radius 3 is 2.48 bits per heavy atom. The van der Waals surface area contributed by atoms with Crippen LogP contribution in [0.15, 0.2) is 77.9 Å². The molecular weight excluding hydrogens is 312 g/mol. The van der Waals surface area contributed by atoms with Crippen LogP contribution in [0.5, 0.6) is 5.75 Å². The van der Waals surface area contributed by atoms with Gasteiger partial charge in [-0.15, -0.1) is 0 Å². The second-order valence-electron chi connectivity index (χ2n) is 5.84. The van der Waals surface area contributed by atoms with E-state index in [1.54, 1.807) is 0 Å². The van der Waals surface area contributed by atoms with Gasteiger partial charge in [0.2, 0.25) is 0 Å². The molecule has 1 N–H and O–H groups in total. The van der Waals surface area contributed by atoms with Gasteiger partial charge in [0.15, 0.2) is 6.61 Å². The number of nitrogens with zero attached hydrogens (tertiary/aromatic N) is 1. The number of rotatable bonds is 6. The minimum absolute atomic E-state index is 0.0690. The summed E-state index contributed by atoms with van der Waals surface area (Å²) in [6.45, 7) is 1.82. The van der Waals surface area contributed by atoms with Crippen LogP contribution in [0.1, 0.15) is 12.5 Å². The average Bonchev–Trinajstić information content (AvgIpc) is 2.65.